The maximum atomic E-state index is 12.6. The van der Waals surface area contributed by atoms with Crippen molar-refractivity contribution in [1.29, 1.82) is 0 Å². The van der Waals surface area contributed by atoms with Gasteiger partial charge in [0.25, 0.3) is 5.91 Å². The van der Waals surface area contributed by atoms with E-state index >= 15 is 0 Å². The molecule has 2 rings (SSSR count). The number of amides is 1. The molecule has 0 aliphatic carbocycles. The topological polar surface area (TPSA) is 59.2 Å². The van der Waals surface area contributed by atoms with E-state index in [1.165, 1.54) is 0 Å². The lowest BCUT2D eigenvalue weighted by Crippen LogP contribution is -2.46. The maximum Gasteiger partial charge on any atom is 0.254 e. The summed E-state index contributed by atoms with van der Waals surface area (Å²) in [5.74, 6) is 1.50. The second-order valence-corrected chi connectivity index (χ2v) is 7.66. The fourth-order valence-electron chi connectivity index (χ4n) is 2.49. The van der Waals surface area contributed by atoms with E-state index in [0.29, 0.717) is 11.4 Å². The molecule has 1 amide bonds. The summed E-state index contributed by atoms with van der Waals surface area (Å²) < 4.78 is 0.124. The predicted molar refractivity (Wildman–Crippen MR) is 85.1 cm³/mol. The van der Waals surface area contributed by atoms with Gasteiger partial charge in [0.15, 0.2) is 0 Å². The van der Waals surface area contributed by atoms with Crippen LogP contribution in [0.15, 0.2) is 12.1 Å². The first-order chi connectivity index (χ1) is 9.41. The third-order valence-corrected chi connectivity index (χ3v) is 4.66. The van der Waals surface area contributed by atoms with Crippen molar-refractivity contribution in [3.05, 3.63) is 23.4 Å². The van der Waals surface area contributed by atoms with Crippen LogP contribution in [-0.2, 0) is 6.42 Å². The molecule has 0 saturated carbocycles. The molecule has 110 valence electrons. The molecule has 5 heteroatoms. The number of carbonyl (C=O) groups is 1. The first-order valence-electron chi connectivity index (χ1n) is 7.11. The Balaban J connectivity index is 2.20. The van der Waals surface area contributed by atoms with Gasteiger partial charge in [0.05, 0.1) is 0 Å². The van der Waals surface area contributed by atoms with Crippen LogP contribution < -0.4 is 5.73 Å². The van der Waals surface area contributed by atoms with Crippen LogP contribution in [0.3, 0.4) is 0 Å². The summed E-state index contributed by atoms with van der Waals surface area (Å²) in [6, 6.07) is 3.58. The summed E-state index contributed by atoms with van der Waals surface area (Å²) in [6.45, 7) is 8.04. The largest absolute Gasteiger partial charge is 0.384 e. The average Bonchev–Trinajstić information content (AvgIpc) is 2.36. The Labute approximate surface area is 125 Å². The van der Waals surface area contributed by atoms with Crippen molar-refractivity contribution in [1.82, 2.24) is 9.88 Å². The van der Waals surface area contributed by atoms with Gasteiger partial charge in [-0.2, -0.15) is 11.8 Å². The second kappa shape index (κ2) is 6.04. The molecular weight excluding hydrogens is 270 g/mol. The highest BCUT2D eigenvalue weighted by Gasteiger charge is 2.30. The molecule has 20 heavy (non-hydrogen) atoms. The van der Waals surface area contributed by atoms with Crippen LogP contribution in [0.1, 0.15) is 43.2 Å². The molecule has 1 aliphatic heterocycles. The molecule has 0 atom stereocenters. The summed E-state index contributed by atoms with van der Waals surface area (Å²) in [5.41, 5.74) is 7.40. The van der Waals surface area contributed by atoms with Gasteiger partial charge in [-0.1, -0.05) is 13.3 Å². The van der Waals surface area contributed by atoms with E-state index in [9.17, 15) is 4.79 Å². The summed E-state index contributed by atoms with van der Waals surface area (Å²) in [5, 5.41) is 0. The molecule has 1 aromatic heterocycles. The number of rotatable bonds is 3. The van der Waals surface area contributed by atoms with Crippen LogP contribution in [-0.4, -0.2) is 39.4 Å². The molecule has 1 saturated heterocycles. The first kappa shape index (κ1) is 15.2. The Morgan fingerprint density at radius 2 is 2.25 bits per heavy atom. The average molecular weight is 293 g/mol. The summed E-state index contributed by atoms with van der Waals surface area (Å²) in [4.78, 5) is 18.8. The number of aryl methyl sites for hydroxylation is 1. The SMILES string of the molecule is CCCc1cc(C(=O)N2CCSC(C)(C)C2)cc(N)n1. The van der Waals surface area contributed by atoms with Crippen LogP contribution >= 0.6 is 11.8 Å². The molecule has 0 radical (unpaired) electrons. The Morgan fingerprint density at radius 1 is 1.50 bits per heavy atom. The Hall–Kier alpha value is -1.23. The zero-order valence-corrected chi connectivity index (χ0v) is 13.3. The fourth-order valence-corrected chi connectivity index (χ4v) is 3.60. The lowest BCUT2D eigenvalue weighted by Gasteiger charge is -2.37. The van der Waals surface area contributed by atoms with Crippen molar-refractivity contribution in [2.24, 2.45) is 0 Å². The molecule has 0 bridgehead atoms. The molecule has 0 spiro atoms. The summed E-state index contributed by atoms with van der Waals surface area (Å²) in [6.07, 6.45) is 1.85. The standard InChI is InChI=1S/C15H23N3OS/c1-4-5-12-8-11(9-13(16)17-12)14(19)18-6-7-20-15(2,3)10-18/h8-9H,4-7,10H2,1-3H3,(H2,16,17). The molecule has 1 aromatic rings. The van der Waals surface area contributed by atoms with Gasteiger partial charge >= 0.3 is 0 Å². The van der Waals surface area contributed by atoms with Gasteiger partial charge in [-0.15, -0.1) is 0 Å². The number of carbonyl (C=O) groups excluding carboxylic acids is 1. The highest BCUT2D eigenvalue weighted by molar-refractivity contribution is 8.00. The molecule has 1 aliphatic rings. The fraction of sp³-hybridized carbons (Fsp3) is 0.600. The second-order valence-electron chi connectivity index (χ2n) is 5.86. The van der Waals surface area contributed by atoms with E-state index in [4.69, 9.17) is 5.73 Å². The summed E-state index contributed by atoms with van der Waals surface area (Å²) in [7, 11) is 0. The molecule has 0 aromatic carbocycles. The molecule has 4 nitrogen and oxygen atoms in total. The quantitative estimate of drug-likeness (QED) is 0.930. The molecule has 0 unspecified atom stereocenters. The summed E-state index contributed by atoms with van der Waals surface area (Å²) >= 11 is 1.92. The predicted octanol–water partition coefficient (Wildman–Crippen LogP) is 2.58. The molecule has 2 heterocycles. The minimum Gasteiger partial charge on any atom is -0.384 e. The number of nitrogen functional groups attached to an aromatic ring is 1. The van der Waals surface area contributed by atoms with Crippen molar-refractivity contribution in [2.45, 2.75) is 38.4 Å². The van der Waals surface area contributed by atoms with Gasteiger partial charge in [-0.25, -0.2) is 4.98 Å². The van der Waals surface area contributed by atoms with Crippen LogP contribution in [0.4, 0.5) is 5.82 Å². The lowest BCUT2D eigenvalue weighted by molar-refractivity contribution is 0.0748. The molecule has 2 N–H and O–H groups in total. The smallest absolute Gasteiger partial charge is 0.254 e. The van der Waals surface area contributed by atoms with Crippen LogP contribution in [0, 0.1) is 0 Å². The molecule has 1 fully saturated rings. The maximum absolute atomic E-state index is 12.6. The first-order valence-corrected chi connectivity index (χ1v) is 8.09. The Bertz CT molecular complexity index is 502. The lowest BCUT2D eigenvalue weighted by atomic mass is 10.1. The van der Waals surface area contributed by atoms with Crippen molar-refractivity contribution in [3.8, 4) is 0 Å². The van der Waals surface area contributed by atoms with E-state index in [1.54, 1.807) is 6.07 Å². The number of thioether (sulfide) groups is 1. The number of pyridine rings is 1. The zero-order valence-electron chi connectivity index (χ0n) is 12.5. The van der Waals surface area contributed by atoms with E-state index in [-0.39, 0.29) is 10.7 Å². The number of nitrogens with zero attached hydrogens (tertiary/aromatic N) is 2. The third-order valence-electron chi connectivity index (χ3n) is 3.36. The molecular formula is C15H23N3OS. The van der Waals surface area contributed by atoms with Gasteiger partial charge in [0.2, 0.25) is 0 Å². The van der Waals surface area contributed by atoms with Gasteiger partial charge in [-0.05, 0) is 32.4 Å². The monoisotopic (exact) mass is 293 g/mol. The van der Waals surface area contributed by atoms with E-state index in [1.807, 2.05) is 22.7 Å². The number of nitrogens with two attached hydrogens (primary N) is 1. The Morgan fingerprint density at radius 3 is 2.90 bits per heavy atom. The number of hydrogen-bond acceptors (Lipinski definition) is 4. The third kappa shape index (κ3) is 3.66. The van der Waals surface area contributed by atoms with Crippen molar-refractivity contribution >= 4 is 23.5 Å². The van der Waals surface area contributed by atoms with Crippen molar-refractivity contribution in [3.63, 3.8) is 0 Å². The number of anilines is 1. The van der Waals surface area contributed by atoms with Crippen molar-refractivity contribution < 1.29 is 4.79 Å². The minimum absolute atomic E-state index is 0.0739. The van der Waals surface area contributed by atoms with Crippen LogP contribution in [0.25, 0.3) is 0 Å². The highest BCUT2D eigenvalue weighted by atomic mass is 32.2. The van der Waals surface area contributed by atoms with Crippen molar-refractivity contribution in [2.75, 3.05) is 24.6 Å². The van der Waals surface area contributed by atoms with E-state index < -0.39 is 0 Å². The Kier molecular flexibility index (Phi) is 4.58. The number of hydrogen-bond donors (Lipinski definition) is 1. The van der Waals surface area contributed by atoms with E-state index in [0.717, 1.165) is 37.4 Å². The minimum atomic E-state index is 0.0739. The van der Waals surface area contributed by atoms with Gasteiger partial charge in [0.1, 0.15) is 5.82 Å². The normalized spacial score (nSPS) is 18.1. The van der Waals surface area contributed by atoms with Gasteiger partial charge < -0.3 is 10.6 Å². The van der Waals surface area contributed by atoms with Crippen LogP contribution in [0.5, 0.6) is 0 Å². The van der Waals surface area contributed by atoms with E-state index in [2.05, 4.69) is 25.8 Å². The van der Waals surface area contributed by atoms with Gasteiger partial charge in [0, 0.05) is 34.8 Å². The highest BCUT2D eigenvalue weighted by Crippen LogP contribution is 2.30. The van der Waals surface area contributed by atoms with Gasteiger partial charge in [-0.3, -0.25) is 4.79 Å². The van der Waals surface area contributed by atoms with Crippen LogP contribution in [0.2, 0.25) is 0 Å². The zero-order chi connectivity index (χ0) is 14.8. The number of aromatic nitrogens is 1.